The predicted octanol–water partition coefficient (Wildman–Crippen LogP) is 3.87. The van der Waals surface area contributed by atoms with Crippen LogP contribution in [0.3, 0.4) is 0 Å². The average Bonchev–Trinajstić information content (AvgIpc) is 2.46. The second kappa shape index (κ2) is 6.20. The van der Waals surface area contributed by atoms with Crippen molar-refractivity contribution >= 4 is 23.0 Å². The molecular formula is C14H9ClFN3O2. The number of anilines is 1. The summed E-state index contributed by atoms with van der Waals surface area (Å²) in [5.74, 6) is -0.543. The molecule has 7 heteroatoms. The van der Waals surface area contributed by atoms with E-state index in [4.69, 9.17) is 16.9 Å². The lowest BCUT2D eigenvalue weighted by molar-refractivity contribution is -0.383. The maximum atomic E-state index is 13.7. The molecule has 2 aromatic rings. The molecule has 5 nitrogen and oxygen atoms in total. The van der Waals surface area contributed by atoms with Crippen LogP contribution in [0.4, 0.5) is 15.8 Å². The Morgan fingerprint density at radius 3 is 2.71 bits per heavy atom. The number of benzene rings is 2. The number of hydrogen-bond acceptors (Lipinski definition) is 4. The van der Waals surface area contributed by atoms with Gasteiger partial charge in [-0.25, -0.2) is 4.39 Å². The molecular weight excluding hydrogens is 297 g/mol. The summed E-state index contributed by atoms with van der Waals surface area (Å²) >= 11 is 5.71. The number of nitriles is 1. The van der Waals surface area contributed by atoms with Gasteiger partial charge < -0.3 is 5.32 Å². The minimum Gasteiger partial charge on any atom is -0.375 e. The second-order valence-corrected chi connectivity index (χ2v) is 4.63. The third-order valence-corrected chi connectivity index (χ3v) is 3.04. The first-order valence-corrected chi connectivity index (χ1v) is 6.25. The Labute approximate surface area is 124 Å². The molecule has 0 amide bonds. The van der Waals surface area contributed by atoms with Crippen molar-refractivity contribution in [1.29, 1.82) is 5.26 Å². The maximum Gasteiger partial charge on any atom is 0.293 e. The van der Waals surface area contributed by atoms with Gasteiger partial charge in [0.2, 0.25) is 0 Å². The van der Waals surface area contributed by atoms with Crippen LogP contribution < -0.4 is 5.32 Å². The number of nitrogens with zero attached hydrogens (tertiary/aromatic N) is 2. The molecule has 21 heavy (non-hydrogen) atoms. The van der Waals surface area contributed by atoms with E-state index in [1.165, 1.54) is 30.3 Å². The molecule has 2 rings (SSSR count). The average molecular weight is 306 g/mol. The lowest BCUT2D eigenvalue weighted by Gasteiger charge is -2.08. The Balaban J connectivity index is 2.21. The topological polar surface area (TPSA) is 79.0 Å². The Morgan fingerprint density at radius 1 is 1.33 bits per heavy atom. The summed E-state index contributed by atoms with van der Waals surface area (Å²) in [7, 11) is 0. The van der Waals surface area contributed by atoms with Crippen LogP contribution in [-0.2, 0) is 6.54 Å². The van der Waals surface area contributed by atoms with Crippen LogP contribution in [0.2, 0.25) is 5.02 Å². The van der Waals surface area contributed by atoms with Gasteiger partial charge >= 0.3 is 0 Å². The number of nitro benzene ring substituents is 1. The molecule has 0 aliphatic heterocycles. The maximum absolute atomic E-state index is 13.7. The fourth-order valence-corrected chi connectivity index (χ4v) is 1.92. The van der Waals surface area contributed by atoms with Crippen LogP contribution in [0.1, 0.15) is 11.1 Å². The smallest absolute Gasteiger partial charge is 0.293 e. The minimum atomic E-state index is -0.566. The first kappa shape index (κ1) is 14.8. The van der Waals surface area contributed by atoms with Crippen molar-refractivity contribution in [3.8, 4) is 6.07 Å². The molecule has 0 spiro atoms. The lowest BCUT2D eigenvalue weighted by atomic mass is 10.1. The van der Waals surface area contributed by atoms with Crippen molar-refractivity contribution in [2.24, 2.45) is 0 Å². The molecule has 1 N–H and O–H groups in total. The van der Waals surface area contributed by atoms with Gasteiger partial charge in [-0.1, -0.05) is 17.7 Å². The Kier molecular flexibility index (Phi) is 4.36. The van der Waals surface area contributed by atoms with Crippen LogP contribution >= 0.6 is 11.6 Å². The highest BCUT2D eigenvalue weighted by molar-refractivity contribution is 6.30. The van der Waals surface area contributed by atoms with E-state index in [9.17, 15) is 14.5 Å². The minimum absolute atomic E-state index is 0.0556. The van der Waals surface area contributed by atoms with E-state index < -0.39 is 10.7 Å². The zero-order valence-electron chi connectivity index (χ0n) is 10.6. The van der Waals surface area contributed by atoms with E-state index in [2.05, 4.69) is 5.32 Å². The molecule has 0 saturated heterocycles. The van der Waals surface area contributed by atoms with Crippen molar-refractivity contribution in [1.82, 2.24) is 0 Å². The zero-order valence-corrected chi connectivity index (χ0v) is 11.4. The molecule has 0 saturated carbocycles. The molecule has 0 heterocycles. The standard InChI is InChI=1S/C14H9ClFN3O2/c15-11-3-4-13(14(6-11)19(20)21)18-8-10-2-1-9(7-17)5-12(10)16/h1-6,18H,8H2. The fourth-order valence-electron chi connectivity index (χ4n) is 1.76. The van der Waals surface area contributed by atoms with Crippen molar-refractivity contribution in [2.45, 2.75) is 6.54 Å². The molecule has 0 fully saturated rings. The molecule has 2 aromatic carbocycles. The molecule has 0 bridgehead atoms. The van der Waals surface area contributed by atoms with E-state index in [0.717, 1.165) is 6.07 Å². The van der Waals surface area contributed by atoms with Crippen molar-refractivity contribution in [3.63, 3.8) is 0 Å². The molecule has 0 aliphatic carbocycles. The monoisotopic (exact) mass is 305 g/mol. The number of hydrogen-bond donors (Lipinski definition) is 1. The van der Waals surface area contributed by atoms with Gasteiger partial charge in [0.05, 0.1) is 16.6 Å². The molecule has 106 valence electrons. The first-order valence-electron chi connectivity index (χ1n) is 5.87. The lowest BCUT2D eigenvalue weighted by Crippen LogP contribution is -2.04. The number of rotatable bonds is 4. The summed E-state index contributed by atoms with van der Waals surface area (Å²) in [6.45, 7) is 0.0556. The van der Waals surface area contributed by atoms with Gasteiger partial charge in [0.15, 0.2) is 0 Å². The van der Waals surface area contributed by atoms with E-state index in [-0.39, 0.29) is 28.5 Å². The highest BCUT2D eigenvalue weighted by atomic mass is 35.5. The molecule has 0 radical (unpaired) electrons. The quantitative estimate of drug-likeness (QED) is 0.687. The van der Waals surface area contributed by atoms with Crippen LogP contribution in [0.25, 0.3) is 0 Å². The summed E-state index contributed by atoms with van der Waals surface area (Å²) in [6.07, 6.45) is 0. The highest BCUT2D eigenvalue weighted by Crippen LogP contribution is 2.28. The van der Waals surface area contributed by atoms with Gasteiger partial charge in [-0.2, -0.15) is 5.26 Å². The largest absolute Gasteiger partial charge is 0.375 e. The summed E-state index contributed by atoms with van der Waals surface area (Å²) < 4.78 is 13.7. The van der Waals surface area contributed by atoms with Crippen LogP contribution in [0.5, 0.6) is 0 Å². The van der Waals surface area contributed by atoms with Gasteiger partial charge in [-0.05, 0) is 24.3 Å². The van der Waals surface area contributed by atoms with Crippen molar-refractivity contribution < 1.29 is 9.31 Å². The number of halogens is 2. The fraction of sp³-hybridized carbons (Fsp3) is 0.0714. The number of nitrogens with one attached hydrogen (secondary N) is 1. The summed E-state index contributed by atoms with van der Waals surface area (Å²) in [5.41, 5.74) is 0.580. The first-order chi connectivity index (χ1) is 10.0. The van der Waals surface area contributed by atoms with Crippen LogP contribution in [0.15, 0.2) is 36.4 Å². The molecule has 0 atom stereocenters. The predicted molar refractivity (Wildman–Crippen MR) is 76.5 cm³/mol. The molecule has 0 aromatic heterocycles. The normalized spacial score (nSPS) is 9.95. The SMILES string of the molecule is N#Cc1ccc(CNc2ccc(Cl)cc2[N+](=O)[O-])c(F)c1. The Hall–Kier alpha value is -2.65. The van der Waals surface area contributed by atoms with E-state index in [1.54, 1.807) is 0 Å². The summed E-state index contributed by atoms with van der Waals surface area (Å²) in [4.78, 5) is 10.4. The number of nitro groups is 1. The van der Waals surface area contributed by atoms with Gasteiger partial charge in [-0.15, -0.1) is 0 Å². The van der Waals surface area contributed by atoms with E-state index in [0.29, 0.717) is 5.56 Å². The van der Waals surface area contributed by atoms with Crippen molar-refractivity contribution in [3.05, 3.63) is 68.5 Å². The van der Waals surface area contributed by atoms with E-state index in [1.807, 2.05) is 6.07 Å². The van der Waals surface area contributed by atoms with Crippen LogP contribution in [-0.4, -0.2) is 4.92 Å². The second-order valence-electron chi connectivity index (χ2n) is 4.19. The van der Waals surface area contributed by atoms with Gasteiger partial charge in [0, 0.05) is 23.2 Å². The Morgan fingerprint density at radius 2 is 2.10 bits per heavy atom. The molecule has 0 unspecified atom stereocenters. The van der Waals surface area contributed by atoms with Crippen molar-refractivity contribution in [2.75, 3.05) is 5.32 Å². The summed E-state index contributed by atoms with van der Waals surface area (Å²) in [5, 5.41) is 22.6. The van der Waals surface area contributed by atoms with Gasteiger partial charge in [0.1, 0.15) is 11.5 Å². The third kappa shape index (κ3) is 3.46. The molecule has 0 aliphatic rings. The highest BCUT2D eigenvalue weighted by Gasteiger charge is 2.14. The van der Waals surface area contributed by atoms with E-state index >= 15 is 0 Å². The van der Waals surface area contributed by atoms with Gasteiger partial charge in [0.25, 0.3) is 5.69 Å². The zero-order chi connectivity index (χ0) is 15.4. The Bertz CT molecular complexity index is 743. The summed E-state index contributed by atoms with van der Waals surface area (Å²) in [6, 6.07) is 10.1. The van der Waals surface area contributed by atoms with Crippen LogP contribution in [0, 0.1) is 27.3 Å². The van der Waals surface area contributed by atoms with Gasteiger partial charge in [-0.3, -0.25) is 10.1 Å². The third-order valence-electron chi connectivity index (χ3n) is 2.81.